The fourth-order valence-corrected chi connectivity index (χ4v) is 4.84. The molecule has 0 aliphatic heterocycles. The molecule has 0 aliphatic rings. The molecule has 1 aromatic heterocycles. The number of benzene rings is 1. The first-order valence-electron chi connectivity index (χ1n) is 6.36. The van der Waals surface area contributed by atoms with Gasteiger partial charge in [0.05, 0.1) is 4.90 Å². The van der Waals surface area contributed by atoms with Gasteiger partial charge in [-0.25, -0.2) is 13.1 Å². The molecule has 0 fully saturated rings. The van der Waals surface area contributed by atoms with Crippen LogP contribution in [-0.2, 0) is 23.1 Å². The van der Waals surface area contributed by atoms with Crippen molar-refractivity contribution in [2.24, 2.45) is 5.73 Å². The van der Waals surface area contributed by atoms with Crippen LogP contribution in [0.25, 0.3) is 0 Å². The Kier molecular flexibility index (Phi) is 5.21. The maximum Gasteiger partial charge on any atom is 0.241 e. The standard InChI is InChI=1S/C14H17BrN2O2S2/c1-9-3-10(2)14(4-11(9)6-16)21(18,19)17-7-13-5-12(15)8-20-13/h3-5,8,17H,6-7,16H2,1-2H3. The second kappa shape index (κ2) is 6.58. The summed E-state index contributed by atoms with van der Waals surface area (Å²) in [5.74, 6) is 0. The van der Waals surface area contributed by atoms with E-state index in [1.807, 2.05) is 24.4 Å². The molecule has 2 aromatic rings. The first-order valence-corrected chi connectivity index (χ1v) is 9.52. The van der Waals surface area contributed by atoms with Crippen molar-refractivity contribution in [1.29, 1.82) is 0 Å². The minimum atomic E-state index is -3.54. The summed E-state index contributed by atoms with van der Waals surface area (Å²) in [4.78, 5) is 1.25. The van der Waals surface area contributed by atoms with E-state index >= 15 is 0 Å². The van der Waals surface area contributed by atoms with Gasteiger partial charge in [-0.05, 0) is 58.6 Å². The van der Waals surface area contributed by atoms with Crippen molar-refractivity contribution in [2.75, 3.05) is 0 Å². The van der Waals surface area contributed by atoms with Crippen molar-refractivity contribution in [3.05, 3.63) is 49.6 Å². The van der Waals surface area contributed by atoms with Crippen LogP contribution in [0.5, 0.6) is 0 Å². The van der Waals surface area contributed by atoms with Crippen LogP contribution >= 0.6 is 27.3 Å². The molecule has 0 spiro atoms. The van der Waals surface area contributed by atoms with Crippen LogP contribution in [0.1, 0.15) is 21.6 Å². The smallest absolute Gasteiger partial charge is 0.241 e. The molecular weight excluding hydrogens is 372 g/mol. The van der Waals surface area contributed by atoms with Gasteiger partial charge in [0.25, 0.3) is 0 Å². The van der Waals surface area contributed by atoms with Crippen LogP contribution < -0.4 is 10.5 Å². The largest absolute Gasteiger partial charge is 0.326 e. The number of halogens is 1. The molecule has 0 unspecified atom stereocenters. The van der Waals surface area contributed by atoms with Crippen LogP contribution in [0, 0.1) is 13.8 Å². The molecule has 0 aliphatic carbocycles. The number of nitrogens with two attached hydrogens (primary N) is 1. The Morgan fingerprint density at radius 3 is 2.52 bits per heavy atom. The number of aryl methyl sites for hydroxylation is 2. The van der Waals surface area contributed by atoms with E-state index in [0.29, 0.717) is 11.4 Å². The van der Waals surface area contributed by atoms with Gasteiger partial charge in [0.2, 0.25) is 10.0 Å². The van der Waals surface area contributed by atoms with Crippen molar-refractivity contribution >= 4 is 37.3 Å². The van der Waals surface area contributed by atoms with Gasteiger partial charge in [-0.3, -0.25) is 0 Å². The van der Waals surface area contributed by atoms with Crippen LogP contribution in [0.15, 0.2) is 32.9 Å². The van der Waals surface area contributed by atoms with E-state index in [1.165, 1.54) is 11.3 Å². The Balaban J connectivity index is 2.27. The molecule has 0 atom stereocenters. The van der Waals surface area contributed by atoms with E-state index in [9.17, 15) is 8.42 Å². The summed E-state index contributed by atoms with van der Waals surface area (Å²) < 4.78 is 28.5. The third-order valence-corrected chi connectivity index (χ3v) is 6.44. The lowest BCUT2D eigenvalue weighted by Crippen LogP contribution is -2.24. The number of thiophene rings is 1. The van der Waals surface area contributed by atoms with Gasteiger partial charge in [-0.15, -0.1) is 11.3 Å². The molecule has 4 nitrogen and oxygen atoms in total. The third kappa shape index (κ3) is 3.92. The van der Waals surface area contributed by atoms with Crippen LogP contribution in [-0.4, -0.2) is 8.42 Å². The van der Waals surface area contributed by atoms with Crippen LogP contribution in [0.3, 0.4) is 0 Å². The van der Waals surface area contributed by atoms with Gasteiger partial charge in [0, 0.05) is 27.8 Å². The molecule has 0 saturated heterocycles. The van der Waals surface area contributed by atoms with Crippen molar-refractivity contribution in [1.82, 2.24) is 4.72 Å². The lowest BCUT2D eigenvalue weighted by atomic mass is 10.1. The summed E-state index contributed by atoms with van der Waals surface area (Å²) in [6.45, 7) is 4.34. The van der Waals surface area contributed by atoms with E-state index in [-0.39, 0.29) is 6.54 Å². The second-order valence-corrected chi connectivity index (χ2v) is 8.45. The minimum Gasteiger partial charge on any atom is -0.326 e. The molecule has 0 saturated carbocycles. The zero-order valence-electron chi connectivity index (χ0n) is 11.8. The Labute approximate surface area is 137 Å². The van der Waals surface area contributed by atoms with Gasteiger partial charge in [0.15, 0.2) is 0 Å². The van der Waals surface area contributed by atoms with E-state index in [4.69, 9.17) is 5.73 Å². The highest BCUT2D eigenvalue weighted by Crippen LogP contribution is 2.22. The Bertz CT molecular complexity index is 754. The molecule has 3 N–H and O–H groups in total. The highest BCUT2D eigenvalue weighted by atomic mass is 79.9. The number of sulfonamides is 1. The molecule has 0 amide bonds. The predicted octanol–water partition coefficient (Wildman–Crippen LogP) is 3.06. The lowest BCUT2D eigenvalue weighted by Gasteiger charge is -2.12. The van der Waals surface area contributed by atoms with E-state index in [2.05, 4.69) is 20.7 Å². The maximum absolute atomic E-state index is 12.5. The number of nitrogens with one attached hydrogen (secondary N) is 1. The zero-order chi connectivity index (χ0) is 15.6. The van der Waals surface area contributed by atoms with Gasteiger partial charge in [-0.2, -0.15) is 0 Å². The summed E-state index contributed by atoms with van der Waals surface area (Å²) in [7, 11) is -3.54. The monoisotopic (exact) mass is 388 g/mol. The summed E-state index contributed by atoms with van der Waals surface area (Å²) in [5.41, 5.74) is 8.25. The van der Waals surface area contributed by atoms with E-state index in [1.54, 1.807) is 13.0 Å². The first kappa shape index (κ1) is 16.6. The number of hydrogen-bond acceptors (Lipinski definition) is 4. The molecule has 114 valence electrons. The normalized spacial score (nSPS) is 11.8. The molecule has 7 heteroatoms. The fourth-order valence-electron chi connectivity index (χ4n) is 2.07. The SMILES string of the molecule is Cc1cc(C)c(S(=O)(=O)NCc2cc(Br)cs2)cc1CN. The maximum atomic E-state index is 12.5. The quantitative estimate of drug-likeness (QED) is 0.826. The zero-order valence-corrected chi connectivity index (χ0v) is 15.0. The van der Waals surface area contributed by atoms with Crippen molar-refractivity contribution in [3.63, 3.8) is 0 Å². The van der Waals surface area contributed by atoms with Gasteiger partial charge in [-0.1, -0.05) is 6.07 Å². The van der Waals surface area contributed by atoms with Crippen molar-refractivity contribution in [2.45, 2.75) is 31.8 Å². The Hall–Kier alpha value is -0.730. The Morgan fingerprint density at radius 1 is 1.24 bits per heavy atom. The fraction of sp³-hybridized carbons (Fsp3) is 0.286. The van der Waals surface area contributed by atoms with Crippen molar-refractivity contribution in [3.8, 4) is 0 Å². The van der Waals surface area contributed by atoms with Gasteiger partial charge in [0.1, 0.15) is 0 Å². The Morgan fingerprint density at radius 2 is 1.95 bits per heavy atom. The predicted molar refractivity (Wildman–Crippen MR) is 89.9 cm³/mol. The molecule has 2 rings (SSSR count). The average Bonchev–Trinajstić information content (AvgIpc) is 2.82. The summed E-state index contributed by atoms with van der Waals surface area (Å²) >= 11 is 4.86. The molecule has 0 radical (unpaired) electrons. The summed E-state index contributed by atoms with van der Waals surface area (Å²) in [6, 6.07) is 5.43. The van der Waals surface area contributed by atoms with Gasteiger partial charge >= 0.3 is 0 Å². The third-order valence-electron chi connectivity index (χ3n) is 3.20. The minimum absolute atomic E-state index is 0.282. The van der Waals surface area contributed by atoms with E-state index in [0.717, 1.165) is 26.0 Å². The highest BCUT2D eigenvalue weighted by molar-refractivity contribution is 9.10. The lowest BCUT2D eigenvalue weighted by molar-refractivity contribution is 0.581. The number of rotatable bonds is 5. The molecule has 0 bridgehead atoms. The van der Waals surface area contributed by atoms with Crippen molar-refractivity contribution < 1.29 is 8.42 Å². The first-order chi connectivity index (χ1) is 9.83. The second-order valence-electron chi connectivity index (χ2n) is 4.80. The summed E-state index contributed by atoms with van der Waals surface area (Å²) in [6.07, 6.45) is 0. The average molecular weight is 389 g/mol. The molecular formula is C14H17BrN2O2S2. The number of hydrogen-bond donors (Lipinski definition) is 2. The molecule has 21 heavy (non-hydrogen) atoms. The molecule has 1 heterocycles. The highest BCUT2D eigenvalue weighted by Gasteiger charge is 2.18. The van der Waals surface area contributed by atoms with E-state index < -0.39 is 10.0 Å². The van der Waals surface area contributed by atoms with Crippen LogP contribution in [0.2, 0.25) is 0 Å². The van der Waals surface area contributed by atoms with Crippen LogP contribution in [0.4, 0.5) is 0 Å². The topological polar surface area (TPSA) is 72.2 Å². The van der Waals surface area contributed by atoms with Gasteiger partial charge < -0.3 is 5.73 Å². The summed E-state index contributed by atoms with van der Waals surface area (Å²) in [5, 5.41) is 1.92. The molecule has 1 aromatic carbocycles.